The van der Waals surface area contributed by atoms with E-state index in [1.165, 1.54) is 30.3 Å². The molecule has 8 nitrogen and oxygen atoms in total. The molecule has 0 spiro atoms. The Morgan fingerprint density at radius 1 is 1.27 bits per heavy atom. The number of nitrogens with one attached hydrogen (secondary N) is 1. The molecular formula is C24H26N4O4S. The Morgan fingerprint density at radius 3 is 2.97 bits per heavy atom. The highest BCUT2D eigenvalue weighted by Gasteiger charge is 2.37. The van der Waals surface area contributed by atoms with Crippen LogP contribution in [0.25, 0.3) is 10.2 Å². The van der Waals surface area contributed by atoms with Gasteiger partial charge in [-0.2, -0.15) is 0 Å². The molecule has 2 aliphatic heterocycles. The van der Waals surface area contributed by atoms with Gasteiger partial charge in [0.05, 0.1) is 23.9 Å². The van der Waals surface area contributed by atoms with Crippen LogP contribution in [0.15, 0.2) is 30.6 Å². The number of aryl methyl sites for hydroxylation is 2. The van der Waals surface area contributed by atoms with Crippen molar-refractivity contribution in [2.45, 2.75) is 44.8 Å². The van der Waals surface area contributed by atoms with Gasteiger partial charge >= 0.3 is 5.97 Å². The Labute approximate surface area is 195 Å². The molecule has 1 amide bonds. The van der Waals surface area contributed by atoms with Gasteiger partial charge < -0.3 is 19.7 Å². The van der Waals surface area contributed by atoms with E-state index in [9.17, 15) is 9.59 Å². The minimum absolute atomic E-state index is 0.0374. The second-order valence-corrected chi connectivity index (χ2v) is 9.40. The Bertz CT molecular complexity index is 1210. The number of fused-ring (bicyclic) bond motifs is 2. The summed E-state index contributed by atoms with van der Waals surface area (Å²) in [6, 6.07) is 7.60. The normalized spacial score (nSPS) is 19.8. The van der Waals surface area contributed by atoms with Crippen LogP contribution in [0.2, 0.25) is 0 Å². The first kappa shape index (κ1) is 21.6. The van der Waals surface area contributed by atoms with E-state index in [1.54, 1.807) is 4.90 Å². The summed E-state index contributed by atoms with van der Waals surface area (Å²) in [5.74, 6) is 1.12. The molecule has 5 rings (SSSR count). The molecule has 1 aromatic carbocycles. The molecule has 2 aromatic heterocycles. The summed E-state index contributed by atoms with van der Waals surface area (Å²) >= 11 is 1.34. The Morgan fingerprint density at radius 2 is 2.12 bits per heavy atom. The topological polar surface area (TPSA) is 93.7 Å². The van der Waals surface area contributed by atoms with Crippen molar-refractivity contribution in [3.05, 3.63) is 46.6 Å². The van der Waals surface area contributed by atoms with E-state index >= 15 is 0 Å². The largest absolute Gasteiger partial charge is 0.488 e. The van der Waals surface area contributed by atoms with E-state index in [4.69, 9.17) is 9.47 Å². The number of carbonyl (C=O) groups excluding carboxylic acids is 2. The van der Waals surface area contributed by atoms with Gasteiger partial charge in [-0.05, 0) is 49.8 Å². The molecular weight excluding hydrogens is 440 g/mol. The van der Waals surface area contributed by atoms with Gasteiger partial charge in [-0.1, -0.05) is 18.2 Å². The van der Waals surface area contributed by atoms with Gasteiger partial charge in [-0.3, -0.25) is 4.79 Å². The number of thiophene rings is 1. The Hall–Kier alpha value is -3.20. The first-order valence-corrected chi connectivity index (χ1v) is 12.0. The summed E-state index contributed by atoms with van der Waals surface area (Å²) in [5.41, 5.74) is 2.07. The second kappa shape index (κ2) is 8.97. The molecule has 172 valence electrons. The van der Waals surface area contributed by atoms with Gasteiger partial charge in [-0.15, -0.1) is 11.3 Å². The number of hydrogen-bond donors (Lipinski definition) is 1. The third kappa shape index (κ3) is 4.01. The number of ether oxygens (including phenoxy) is 2. The Balaban J connectivity index is 1.36. The SMILES string of the molecule is COC(=O)[C@@H]1CCCN1C(=O)c1sc2ncnc(NC[C@H]3CCc4ccccc4O3)c2c1C. The number of hydrogen-bond acceptors (Lipinski definition) is 8. The maximum absolute atomic E-state index is 13.3. The third-order valence-corrected chi connectivity index (χ3v) is 7.59. The molecule has 1 saturated heterocycles. The smallest absolute Gasteiger partial charge is 0.328 e. The predicted molar refractivity (Wildman–Crippen MR) is 126 cm³/mol. The van der Waals surface area contributed by atoms with Gasteiger partial charge in [0.15, 0.2) is 0 Å². The van der Waals surface area contributed by atoms with Gasteiger partial charge in [0.25, 0.3) is 5.91 Å². The van der Waals surface area contributed by atoms with Crippen molar-refractivity contribution in [3.63, 3.8) is 0 Å². The van der Waals surface area contributed by atoms with Crippen molar-refractivity contribution in [1.29, 1.82) is 0 Å². The van der Waals surface area contributed by atoms with Crippen molar-refractivity contribution in [3.8, 4) is 5.75 Å². The summed E-state index contributed by atoms with van der Waals surface area (Å²) in [6.07, 6.45) is 4.87. The first-order valence-electron chi connectivity index (χ1n) is 11.2. The highest BCUT2D eigenvalue weighted by atomic mass is 32.1. The average molecular weight is 467 g/mol. The second-order valence-electron chi connectivity index (χ2n) is 8.41. The number of esters is 1. The van der Waals surface area contributed by atoms with Gasteiger partial charge in [0.1, 0.15) is 34.9 Å². The van der Waals surface area contributed by atoms with E-state index in [-0.39, 0.29) is 18.0 Å². The van der Waals surface area contributed by atoms with Gasteiger partial charge in [0.2, 0.25) is 0 Å². The molecule has 2 aliphatic rings. The fourth-order valence-corrected chi connectivity index (χ4v) is 5.77. The minimum atomic E-state index is -0.526. The number of nitrogens with zero attached hydrogens (tertiary/aromatic N) is 3. The van der Waals surface area contributed by atoms with Crippen LogP contribution in [-0.2, 0) is 16.0 Å². The number of anilines is 1. The lowest BCUT2D eigenvalue weighted by Gasteiger charge is -2.26. The first-order chi connectivity index (χ1) is 16.1. The molecule has 1 N–H and O–H groups in total. The number of para-hydroxylation sites is 1. The average Bonchev–Trinajstić information content (AvgIpc) is 3.47. The number of rotatable bonds is 5. The minimum Gasteiger partial charge on any atom is -0.488 e. The zero-order chi connectivity index (χ0) is 22.9. The summed E-state index contributed by atoms with van der Waals surface area (Å²) in [6.45, 7) is 3.07. The van der Waals surface area contributed by atoms with E-state index in [0.717, 1.165) is 40.8 Å². The van der Waals surface area contributed by atoms with Crippen molar-refractivity contribution in [2.75, 3.05) is 25.5 Å². The molecule has 3 aromatic rings. The van der Waals surface area contributed by atoms with E-state index in [1.807, 2.05) is 25.1 Å². The van der Waals surface area contributed by atoms with Crippen LogP contribution >= 0.6 is 11.3 Å². The number of likely N-dealkylation sites (tertiary alicyclic amines) is 1. The van der Waals surface area contributed by atoms with Crippen LogP contribution in [0.1, 0.15) is 40.1 Å². The molecule has 0 radical (unpaired) electrons. The molecule has 4 heterocycles. The van der Waals surface area contributed by atoms with Gasteiger partial charge in [0, 0.05) is 6.54 Å². The van der Waals surface area contributed by atoms with Crippen LogP contribution < -0.4 is 10.1 Å². The molecule has 0 aliphatic carbocycles. The van der Waals surface area contributed by atoms with Crippen LogP contribution in [0.5, 0.6) is 5.75 Å². The van der Waals surface area contributed by atoms with Gasteiger partial charge in [-0.25, -0.2) is 14.8 Å². The maximum atomic E-state index is 13.3. The molecule has 0 saturated carbocycles. The molecule has 0 unspecified atom stereocenters. The van der Waals surface area contributed by atoms with E-state index in [0.29, 0.717) is 30.2 Å². The standard InChI is InChI=1S/C24H26N4O4S/c1-14-19-21(25-12-16-10-9-15-6-3-4-8-18(15)32-16)26-13-27-22(19)33-20(14)23(29)28-11-5-7-17(28)24(30)31-2/h3-4,6,8,13,16-17H,5,7,9-12H2,1-2H3,(H,25,26,27)/t16-,17+/m1/s1. The molecule has 0 bridgehead atoms. The number of carbonyl (C=O) groups is 2. The quantitative estimate of drug-likeness (QED) is 0.575. The van der Waals surface area contributed by atoms with Crippen molar-refractivity contribution >= 4 is 39.2 Å². The summed E-state index contributed by atoms with van der Waals surface area (Å²) in [5, 5.41) is 4.26. The number of benzene rings is 1. The molecule has 2 atom stereocenters. The third-order valence-electron chi connectivity index (χ3n) is 6.41. The molecule has 1 fully saturated rings. The lowest BCUT2D eigenvalue weighted by atomic mass is 10.0. The maximum Gasteiger partial charge on any atom is 0.328 e. The highest BCUT2D eigenvalue weighted by molar-refractivity contribution is 7.20. The zero-order valence-corrected chi connectivity index (χ0v) is 19.5. The van der Waals surface area contributed by atoms with Crippen LogP contribution in [0, 0.1) is 6.92 Å². The van der Waals surface area contributed by atoms with Crippen LogP contribution in [0.4, 0.5) is 5.82 Å². The number of aromatic nitrogens is 2. The monoisotopic (exact) mass is 466 g/mol. The molecule has 9 heteroatoms. The van der Waals surface area contributed by atoms with E-state index in [2.05, 4.69) is 21.4 Å². The lowest BCUT2D eigenvalue weighted by Crippen LogP contribution is -2.41. The fraction of sp³-hybridized carbons (Fsp3) is 0.417. The predicted octanol–water partition coefficient (Wildman–Crippen LogP) is 3.58. The summed E-state index contributed by atoms with van der Waals surface area (Å²) in [7, 11) is 1.36. The number of methoxy groups -OCH3 is 1. The number of amides is 1. The summed E-state index contributed by atoms with van der Waals surface area (Å²) in [4.78, 5) is 37.3. The summed E-state index contributed by atoms with van der Waals surface area (Å²) < 4.78 is 11.0. The molecule has 33 heavy (non-hydrogen) atoms. The van der Waals surface area contributed by atoms with Crippen molar-refractivity contribution in [1.82, 2.24) is 14.9 Å². The fourth-order valence-electron chi connectivity index (χ4n) is 4.67. The lowest BCUT2D eigenvalue weighted by molar-refractivity contribution is -0.145. The van der Waals surface area contributed by atoms with Crippen molar-refractivity contribution < 1.29 is 19.1 Å². The highest BCUT2D eigenvalue weighted by Crippen LogP contribution is 2.35. The van der Waals surface area contributed by atoms with Crippen LogP contribution in [-0.4, -0.2) is 59.1 Å². The van der Waals surface area contributed by atoms with Crippen molar-refractivity contribution in [2.24, 2.45) is 0 Å². The zero-order valence-electron chi connectivity index (χ0n) is 18.7. The Kier molecular flexibility index (Phi) is 5.88. The van der Waals surface area contributed by atoms with E-state index < -0.39 is 6.04 Å². The van der Waals surface area contributed by atoms with Crippen LogP contribution in [0.3, 0.4) is 0 Å².